The van der Waals surface area contributed by atoms with Gasteiger partial charge in [-0.25, -0.2) is 0 Å². The van der Waals surface area contributed by atoms with Gasteiger partial charge in [-0.05, 0) is 69.4 Å². The highest BCUT2D eigenvalue weighted by atomic mass is 16.5. The number of fused-ring (bicyclic) bond motifs is 1. The Morgan fingerprint density at radius 3 is 3.15 bits per heavy atom. The minimum absolute atomic E-state index is 0.722. The fourth-order valence-corrected chi connectivity index (χ4v) is 3.66. The van der Waals surface area contributed by atoms with Crippen molar-refractivity contribution in [3.05, 3.63) is 29.8 Å². The van der Waals surface area contributed by atoms with E-state index < -0.39 is 0 Å². The van der Waals surface area contributed by atoms with Gasteiger partial charge in [-0.3, -0.25) is 0 Å². The van der Waals surface area contributed by atoms with E-state index in [1.807, 2.05) is 6.07 Å². The Morgan fingerprint density at radius 2 is 2.25 bits per heavy atom. The maximum Gasteiger partial charge on any atom is 0.119 e. The number of hydrogen-bond donors (Lipinski definition) is 1. The van der Waals surface area contributed by atoms with Crippen LogP contribution in [0.15, 0.2) is 24.3 Å². The molecule has 1 aromatic carbocycles. The van der Waals surface area contributed by atoms with Gasteiger partial charge in [0.05, 0.1) is 7.11 Å². The highest BCUT2D eigenvalue weighted by molar-refractivity contribution is 5.28. The standard InChI is InChI=1S/C17H26N2O/c1-20-17-6-2-4-14(12-17)7-9-18-15-8-11-19-10-3-5-16(19)13-15/h2,4,6,12,15-16,18H,3,5,7-11,13H2,1H3. The van der Waals surface area contributed by atoms with E-state index in [9.17, 15) is 0 Å². The van der Waals surface area contributed by atoms with Crippen LogP contribution in [-0.4, -0.2) is 43.7 Å². The molecule has 0 aliphatic carbocycles. The number of rotatable bonds is 5. The van der Waals surface area contributed by atoms with Crippen LogP contribution in [0.2, 0.25) is 0 Å². The molecule has 3 rings (SSSR count). The van der Waals surface area contributed by atoms with Gasteiger partial charge < -0.3 is 15.0 Å². The smallest absolute Gasteiger partial charge is 0.119 e. The highest BCUT2D eigenvalue weighted by Crippen LogP contribution is 2.26. The summed E-state index contributed by atoms with van der Waals surface area (Å²) < 4.78 is 5.27. The first-order valence-corrected chi connectivity index (χ1v) is 7.95. The van der Waals surface area contributed by atoms with Crippen molar-refractivity contribution in [1.29, 1.82) is 0 Å². The molecular formula is C17H26N2O. The molecule has 0 bridgehead atoms. The van der Waals surface area contributed by atoms with Crippen LogP contribution >= 0.6 is 0 Å². The van der Waals surface area contributed by atoms with Gasteiger partial charge in [0, 0.05) is 12.1 Å². The number of ether oxygens (including phenoxy) is 1. The maximum absolute atomic E-state index is 5.27. The molecule has 0 spiro atoms. The summed E-state index contributed by atoms with van der Waals surface area (Å²) >= 11 is 0. The van der Waals surface area contributed by atoms with Crippen LogP contribution in [0.1, 0.15) is 31.2 Å². The van der Waals surface area contributed by atoms with Gasteiger partial charge in [0.1, 0.15) is 5.75 Å². The summed E-state index contributed by atoms with van der Waals surface area (Å²) in [6.07, 6.45) is 6.56. The van der Waals surface area contributed by atoms with Crippen molar-refractivity contribution in [3.63, 3.8) is 0 Å². The molecule has 1 N–H and O–H groups in total. The van der Waals surface area contributed by atoms with Crippen LogP contribution in [0.3, 0.4) is 0 Å². The van der Waals surface area contributed by atoms with Gasteiger partial charge in [-0.2, -0.15) is 0 Å². The number of nitrogens with zero attached hydrogens (tertiary/aromatic N) is 1. The molecule has 20 heavy (non-hydrogen) atoms. The lowest BCUT2D eigenvalue weighted by Gasteiger charge is -2.35. The lowest BCUT2D eigenvalue weighted by atomic mass is 9.97. The van der Waals surface area contributed by atoms with Crippen molar-refractivity contribution < 1.29 is 4.74 Å². The first kappa shape index (κ1) is 13.9. The zero-order valence-corrected chi connectivity index (χ0v) is 12.5. The minimum Gasteiger partial charge on any atom is -0.497 e. The van der Waals surface area contributed by atoms with Crippen LogP contribution in [-0.2, 0) is 6.42 Å². The molecule has 0 aromatic heterocycles. The summed E-state index contributed by atoms with van der Waals surface area (Å²) in [5.41, 5.74) is 1.36. The Balaban J connectivity index is 1.43. The van der Waals surface area contributed by atoms with Crippen LogP contribution in [0.5, 0.6) is 5.75 Å². The summed E-state index contributed by atoms with van der Waals surface area (Å²) in [5, 5.41) is 3.75. The average molecular weight is 274 g/mol. The van der Waals surface area contributed by atoms with E-state index in [0.29, 0.717) is 0 Å². The van der Waals surface area contributed by atoms with Gasteiger partial charge in [0.15, 0.2) is 0 Å². The fraction of sp³-hybridized carbons (Fsp3) is 0.647. The zero-order valence-electron chi connectivity index (χ0n) is 12.5. The molecular weight excluding hydrogens is 248 g/mol. The maximum atomic E-state index is 5.27. The topological polar surface area (TPSA) is 24.5 Å². The molecule has 2 fully saturated rings. The Bertz CT molecular complexity index is 435. The molecule has 1 aromatic rings. The molecule has 2 aliphatic heterocycles. The molecule has 0 radical (unpaired) electrons. The van der Waals surface area contributed by atoms with Gasteiger partial charge in [0.2, 0.25) is 0 Å². The Labute approximate surface area is 122 Å². The molecule has 0 saturated carbocycles. The summed E-state index contributed by atoms with van der Waals surface area (Å²) in [6, 6.07) is 9.99. The first-order valence-electron chi connectivity index (χ1n) is 7.95. The van der Waals surface area contributed by atoms with Gasteiger partial charge in [-0.1, -0.05) is 12.1 Å². The van der Waals surface area contributed by atoms with E-state index in [1.54, 1.807) is 7.11 Å². The highest BCUT2D eigenvalue weighted by Gasteiger charge is 2.31. The van der Waals surface area contributed by atoms with Crippen molar-refractivity contribution in [1.82, 2.24) is 10.2 Å². The summed E-state index contributed by atoms with van der Waals surface area (Å²) in [4.78, 5) is 2.68. The summed E-state index contributed by atoms with van der Waals surface area (Å²) in [6.45, 7) is 3.70. The van der Waals surface area contributed by atoms with E-state index in [-0.39, 0.29) is 0 Å². The summed E-state index contributed by atoms with van der Waals surface area (Å²) in [5.74, 6) is 0.960. The van der Waals surface area contributed by atoms with Crippen molar-refractivity contribution in [2.75, 3.05) is 26.7 Å². The third-order valence-electron chi connectivity index (χ3n) is 4.80. The van der Waals surface area contributed by atoms with Crippen molar-refractivity contribution >= 4 is 0 Å². The van der Waals surface area contributed by atoms with E-state index in [0.717, 1.165) is 30.8 Å². The van der Waals surface area contributed by atoms with E-state index in [2.05, 4.69) is 28.4 Å². The van der Waals surface area contributed by atoms with Gasteiger partial charge in [0.25, 0.3) is 0 Å². The second-order valence-corrected chi connectivity index (χ2v) is 6.11. The predicted octanol–water partition coefficient (Wildman–Crippen LogP) is 2.45. The monoisotopic (exact) mass is 274 g/mol. The van der Waals surface area contributed by atoms with Crippen LogP contribution in [0.25, 0.3) is 0 Å². The lowest BCUT2D eigenvalue weighted by molar-refractivity contribution is 0.167. The van der Waals surface area contributed by atoms with Crippen LogP contribution in [0, 0.1) is 0 Å². The normalized spacial score (nSPS) is 26.4. The summed E-state index contributed by atoms with van der Waals surface area (Å²) in [7, 11) is 1.73. The second-order valence-electron chi connectivity index (χ2n) is 6.11. The molecule has 0 amide bonds. The zero-order chi connectivity index (χ0) is 13.8. The number of benzene rings is 1. The van der Waals surface area contributed by atoms with Crippen molar-refractivity contribution in [2.45, 2.75) is 44.2 Å². The number of nitrogens with one attached hydrogen (secondary N) is 1. The molecule has 2 saturated heterocycles. The number of piperidine rings is 1. The quantitative estimate of drug-likeness (QED) is 0.892. The van der Waals surface area contributed by atoms with Crippen LogP contribution in [0.4, 0.5) is 0 Å². The third-order valence-corrected chi connectivity index (χ3v) is 4.80. The first-order chi connectivity index (χ1) is 9.85. The second kappa shape index (κ2) is 6.59. The number of methoxy groups -OCH3 is 1. The van der Waals surface area contributed by atoms with E-state index >= 15 is 0 Å². The van der Waals surface area contributed by atoms with Gasteiger partial charge in [-0.15, -0.1) is 0 Å². The Hall–Kier alpha value is -1.06. The number of hydrogen-bond acceptors (Lipinski definition) is 3. The van der Waals surface area contributed by atoms with E-state index in [1.165, 1.54) is 44.3 Å². The lowest BCUT2D eigenvalue weighted by Crippen LogP contribution is -2.46. The van der Waals surface area contributed by atoms with Crippen molar-refractivity contribution in [2.24, 2.45) is 0 Å². The Morgan fingerprint density at radius 1 is 1.30 bits per heavy atom. The SMILES string of the molecule is COc1cccc(CCNC2CCN3CCCC3C2)c1. The molecule has 2 aliphatic rings. The largest absolute Gasteiger partial charge is 0.497 e. The van der Waals surface area contributed by atoms with E-state index in [4.69, 9.17) is 4.74 Å². The Kier molecular flexibility index (Phi) is 4.58. The fourth-order valence-electron chi connectivity index (χ4n) is 3.66. The molecule has 2 atom stereocenters. The van der Waals surface area contributed by atoms with Crippen molar-refractivity contribution in [3.8, 4) is 5.75 Å². The third kappa shape index (κ3) is 3.33. The molecule has 2 unspecified atom stereocenters. The molecule has 2 heterocycles. The average Bonchev–Trinajstić information content (AvgIpc) is 2.95. The molecule has 3 heteroatoms. The van der Waals surface area contributed by atoms with Gasteiger partial charge >= 0.3 is 0 Å². The molecule has 110 valence electrons. The predicted molar refractivity (Wildman–Crippen MR) is 82.3 cm³/mol. The molecule has 3 nitrogen and oxygen atoms in total. The minimum atomic E-state index is 0.722. The van der Waals surface area contributed by atoms with Crippen LogP contribution < -0.4 is 10.1 Å².